The van der Waals surface area contributed by atoms with Crippen molar-refractivity contribution < 1.29 is 9.59 Å². The molecule has 1 aromatic carbocycles. The molecule has 1 aliphatic rings. The number of benzene rings is 1. The van der Waals surface area contributed by atoms with E-state index < -0.39 is 0 Å². The summed E-state index contributed by atoms with van der Waals surface area (Å²) in [6, 6.07) is 7.39. The molecule has 20 heavy (non-hydrogen) atoms. The van der Waals surface area contributed by atoms with Gasteiger partial charge in [-0.2, -0.15) is 0 Å². The van der Waals surface area contributed by atoms with Gasteiger partial charge in [0.2, 0.25) is 11.8 Å². The second-order valence-electron chi connectivity index (χ2n) is 5.29. The first-order chi connectivity index (χ1) is 9.56. The van der Waals surface area contributed by atoms with Gasteiger partial charge >= 0.3 is 0 Å². The molecule has 1 saturated heterocycles. The molecule has 2 amide bonds. The number of nitrogens with one attached hydrogen (secondary N) is 3. The maximum absolute atomic E-state index is 12.0. The fourth-order valence-corrected chi connectivity index (χ4v) is 2.39. The molecule has 1 heterocycles. The molecule has 1 fully saturated rings. The highest BCUT2D eigenvalue weighted by Gasteiger charge is 2.28. The summed E-state index contributed by atoms with van der Waals surface area (Å²) in [5.41, 5.74) is 1.77. The largest absolute Gasteiger partial charge is 0.351 e. The molecule has 3 N–H and O–H groups in total. The lowest BCUT2D eigenvalue weighted by Crippen LogP contribution is -2.42. The molecular formula is C15H21N3O2. The summed E-state index contributed by atoms with van der Waals surface area (Å²) >= 11 is 0. The molecule has 0 radical (unpaired) electrons. The van der Waals surface area contributed by atoms with Crippen LogP contribution < -0.4 is 16.0 Å². The molecule has 0 aliphatic carbocycles. The van der Waals surface area contributed by atoms with E-state index >= 15 is 0 Å². The Balaban J connectivity index is 1.84. The minimum Gasteiger partial charge on any atom is -0.351 e. The summed E-state index contributed by atoms with van der Waals surface area (Å²) in [7, 11) is 0. The lowest BCUT2D eigenvalue weighted by Gasteiger charge is -2.15. The Morgan fingerprint density at radius 2 is 2.00 bits per heavy atom. The summed E-state index contributed by atoms with van der Waals surface area (Å²) in [6.45, 7) is 4.98. The third-order valence-electron chi connectivity index (χ3n) is 3.56. The number of carbonyl (C=O) groups excluding carboxylic acids is 2. The maximum atomic E-state index is 12.0. The highest BCUT2D eigenvalue weighted by Crippen LogP contribution is 2.14. The van der Waals surface area contributed by atoms with Crippen molar-refractivity contribution in [2.75, 3.05) is 11.9 Å². The van der Waals surface area contributed by atoms with Crippen LogP contribution >= 0.6 is 0 Å². The maximum Gasteiger partial charge on any atom is 0.237 e. The third kappa shape index (κ3) is 3.81. The standard InChI is InChI=1S/C15H21N3O2/c1-10-7-8-16-14(10)15(20)17-9-12-3-5-13(6-4-12)18-11(2)19/h3-6,10,14,16H,7-9H2,1-2H3,(H,17,20)(H,18,19). The first kappa shape index (κ1) is 14.5. The van der Waals surface area contributed by atoms with Crippen molar-refractivity contribution in [2.45, 2.75) is 32.9 Å². The van der Waals surface area contributed by atoms with Gasteiger partial charge in [0.05, 0.1) is 6.04 Å². The van der Waals surface area contributed by atoms with E-state index in [1.54, 1.807) is 0 Å². The van der Waals surface area contributed by atoms with Gasteiger partial charge in [-0.1, -0.05) is 19.1 Å². The van der Waals surface area contributed by atoms with Crippen molar-refractivity contribution in [3.05, 3.63) is 29.8 Å². The topological polar surface area (TPSA) is 70.2 Å². The van der Waals surface area contributed by atoms with Crippen LogP contribution in [0.5, 0.6) is 0 Å². The highest BCUT2D eigenvalue weighted by molar-refractivity contribution is 5.88. The zero-order valence-electron chi connectivity index (χ0n) is 11.9. The molecule has 1 aromatic rings. The third-order valence-corrected chi connectivity index (χ3v) is 3.56. The van der Waals surface area contributed by atoms with Gasteiger partial charge in [0, 0.05) is 19.2 Å². The van der Waals surface area contributed by atoms with Crippen LogP contribution in [0.25, 0.3) is 0 Å². The second-order valence-corrected chi connectivity index (χ2v) is 5.29. The van der Waals surface area contributed by atoms with E-state index in [4.69, 9.17) is 0 Å². The minimum atomic E-state index is -0.0904. The van der Waals surface area contributed by atoms with Gasteiger partial charge in [-0.3, -0.25) is 9.59 Å². The predicted octanol–water partition coefficient (Wildman–Crippen LogP) is 1.26. The van der Waals surface area contributed by atoms with E-state index in [9.17, 15) is 9.59 Å². The van der Waals surface area contributed by atoms with Crippen LogP contribution in [0.3, 0.4) is 0 Å². The van der Waals surface area contributed by atoms with Gasteiger partial charge in [0.1, 0.15) is 0 Å². The van der Waals surface area contributed by atoms with Crippen LogP contribution in [0.1, 0.15) is 25.8 Å². The van der Waals surface area contributed by atoms with E-state index in [1.165, 1.54) is 6.92 Å². The molecule has 2 unspecified atom stereocenters. The highest BCUT2D eigenvalue weighted by atomic mass is 16.2. The van der Waals surface area contributed by atoms with Crippen molar-refractivity contribution in [1.82, 2.24) is 10.6 Å². The molecule has 0 bridgehead atoms. The smallest absolute Gasteiger partial charge is 0.237 e. The first-order valence-corrected chi connectivity index (χ1v) is 6.94. The molecule has 2 atom stereocenters. The summed E-state index contributed by atoms with van der Waals surface area (Å²) < 4.78 is 0. The van der Waals surface area contributed by atoms with E-state index in [0.717, 1.165) is 24.2 Å². The van der Waals surface area contributed by atoms with E-state index in [0.29, 0.717) is 12.5 Å². The number of hydrogen-bond acceptors (Lipinski definition) is 3. The fourth-order valence-electron chi connectivity index (χ4n) is 2.39. The molecular weight excluding hydrogens is 254 g/mol. The Morgan fingerprint density at radius 1 is 1.30 bits per heavy atom. The number of amides is 2. The SMILES string of the molecule is CC(=O)Nc1ccc(CNC(=O)C2NCCC2C)cc1. The average molecular weight is 275 g/mol. The summed E-state index contributed by atoms with van der Waals surface area (Å²) in [6.07, 6.45) is 1.05. The lowest BCUT2D eigenvalue weighted by atomic mass is 10.0. The van der Waals surface area contributed by atoms with Gasteiger partial charge in [0.25, 0.3) is 0 Å². The quantitative estimate of drug-likeness (QED) is 0.775. The molecule has 0 spiro atoms. The zero-order chi connectivity index (χ0) is 14.5. The summed E-state index contributed by atoms with van der Waals surface area (Å²) in [5, 5.41) is 8.87. The Hall–Kier alpha value is -1.88. The molecule has 2 rings (SSSR count). The number of anilines is 1. The van der Waals surface area contributed by atoms with Gasteiger partial charge in [0.15, 0.2) is 0 Å². The number of carbonyl (C=O) groups is 2. The molecule has 0 saturated carbocycles. The van der Waals surface area contributed by atoms with Crippen molar-refractivity contribution in [1.29, 1.82) is 0 Å². The molecule has 5 heteroatoms. The second kappa shape index (κ2) is 6.52. The molecule has 0 aromatic heterocycles. The van der Waals surface area contributed by atoms with E-state index in [1.807, 2.05) is 24.3 Å². The lowest BCUT2D eigenvalue weighted by molar-refractivity contribution is -0.123. The molecule has 108 valence electrons. The van der Waals surface area contributed by atoms with Crippen LogP contribution in [0.2, 0.25) is 0 Å². The summed E-state index contributed by atoms with van der Waals surface area (Å²) in [4.78, 5) is 22.9. The molecule has 1 aliphatic heterocycles. The summed E-state index contributed by atoms with van der Waals surface area (Å²) in [5.74, 6) is 0.352. The van der Waals surface area contributed by atoms with Crippen LogP contribution in [0.4, 0.5) is 5.69 Å². The minimum absolute atomic E-state index is 0.0564. The normalized spacial score (nSPS) is 21.5. The average Bonchev–Trinajstić information content (AvgIpc) is 2.83. The van der Waals surface area contributed by atoms with Crippen LogP contribution in [-0.4, -0.2) is 24.4 Å². The zero-order valence-corrected chi connectivity index (χ0v) is 11.9. The Morgan fingerprint density at radius 3 is 2.55 bits per heavy atom. The molecule has 5 nitrogen and oxygen atoms in total. The monoisotopic (exact) mass is 275 g/mol. The number of rotatable bonds is 4. The van der Waals surface area contributed by atoms with Gasteiger partial charge in [-0.25, -0.2) is 0 Å². The van der Waals surface area contributed by atoms with Gasteiger partial charge < -0.3 is 16.0 Å². The van der Waals surface area contributed by atoms with Crippen molar-refractivity contribution >= 4 is 17.5 Å². The van der Waals surface area contributed by atoms with Gasteiger partial charge in [-0.05, 0) is 36.6 Å². The van der Waals surface area contributed by atoms with Crippen LogP contribution in [0.15, 0.2) is 24.3 Å². The van der Waals surface area contributed by atoms with Crippen molar-refractivity contribution in [2.24, 2.45) is 5.92 Å². The Labute approximate surface area is 119 Å². The Kier molecular flexibility index (Phi) is 4.74. The first-order valence-electron chi connectivity index (χ1n) is 6.94. The van der Waals surface area contributed by atoms with Crippen molar-refractivity contribution in [3.8, 4) is 0 Å². The van der Waals surface area contributed by atoms with E-state index in [2.05, 4.69) is 22.9 Å². The van der Waals surface area contributed by atoms with Crippen molar-refractivity contribution in [3.63, 3.8) is 0 Å². The Bertz CT molecular complexity index is 484. The van der Waals surface area contributed by atoms with E-state index in [-0.39, 0.29) is 17.9 Å². The van der Waals surface area contributed by atoms with Gasteiger partial charge in [-0.15, -0.1) is 0 Å². The fraction of sp³-hybridized carbons (Fsp3) is 0.467. The van der Waals surface area contributed by atoms with Crippen LogP contribution in [0, 0.1) is 5.92 Å². The predicted molar refractivity (Wildman–Crippen MR) is 78.2 cm³/mol. The number of hydrogen-bond donors (Lipinski definition) is 3. The van der Waals surface area contributed by atoms with Crippen LogP contribution in [-0.2, 0) is 16.1 Å².